The zero-order chi connectivity index (χ0) is 18.0. The van der Waals surface area contributed by atoms with Gasteiger partial charge >= 0.3 is 0 Å². The van der Waals surface area contributed by atoms with Crippen LogP contribution in [0.5, 0.6) is 0 Å². The number of carbonyl (C=O) groups excluding carboxylic acids is 2. The maximum absolute atomic E-state index is 13.2. The highest BCUT2D eigenvalue weighted by Crippen LogP contribution is 2.33. The lowest BCUT2D eigenvalue weighted by Gasteiger charge is -2.31. The molecule has 0 fully saturated rings. The molecule has 1 heterocycles. The highest BCUT2D eigenvalue weighted by molar-refractivity contribution is 5.96. The van der Waals surface area contributed by atoms with Gasteiger partial charge in [-0.25, -0.2) is 4.39 Å². The molecule has 2 amide bonds. The SMILES string of the molecule is CN(C(=O)CNC(=O)c1cccc(F)c1)[C@H]1CCCc2c1cnn2C. The predicted molar refractivity (Wildman–Crippen MR) is 90.4 cm³/mol. The number of hydrogen-bond donors (Lipinski definition) is 1. The molecule has 0 unspecified atom stereocenters. The average molecular weight is 344 g/mol. The van der Waals surface area contributed by atoms with Crippen LogP contribution in [0.3, 0.4) is 0 Å². The van der Waals surface area contributed by atoms with Crippen molar-refractivity contribution in [3.05, 3.63) is 53.1 Å². The first-order valence-corrected chi connectivity index (χ1v) is 8.27. The highest BCUT2D eigenvalue weighted by atomic mass is 19.1. The number of aryl methyl sites for hydroxylation is 1. The van der Waals surface area contributed by atoms with Crippen molar-refractivity contribution in [1.82, 2.24) is 20.0 Å². The molecule has 1 N–H and O–H groups in total. The number of nitrogens with one attached hydrogen (secondary N) is 1. The first-order chi connectivity index (χ1) is 12.0. The molecule has 25 heavy (non-hydrogen) atoms. The molecule has 1 aliphatic carbocycles. The summed E-state index contributed by atoms with van der Waals surface area (Å²) in [6.45, 7) is -0.127. The van der Waals surface area contributed by atoms with Gasteiger partial charge in [-0.1, -0.05) is 6.07 Å². The number of fused-ring (bicyclic) bond motifs is 1. The fraction of sp³-hybridized carbons (Fsp3) is 0.389. The van der Waals surface area contributed by atoms with E-state index in [1.54, 1.807) is 11.9 Å². The van der Waals surface area contributed by atoms with Crippen molar-refractivity contribution in [2.45, 2.75) is 25.3 Å². The minimum absolute atomic E-state index is 0.0315. The Balaban J connectivity index is 1.63. The Morgan fingerprint density at radius 2 is 2.24 bits per heavy atom. The van der Waals surface area contributed by atoms with Crippen molar-refractivity contribution in [1.29, 1.82) is 0 Å². The average Bonchev–Trinajstić information content (AvgIpc) is 3.00. The van der Waals surface area contributed by atoms with Crippen molar-refractivity contribution < 1.29 is 14.0 Å². The lowest BCUT2D eigenvalue weighted by atomic mass is 9.92. The second-order valence-corrected chi connectivity index (χ2v) is 6.28. The van der Waals surface area contributed by atoms with E-state index in [0.717, 1.165) is 36.6 Å². The van der Waals surface area contributed by atoms with Crippen LogP contribution in [0.4, 0.5) is 4.39 Å². The molecule has 0 bridgehead atoms. The number of benzene rings is 1. The number of rotatable bonds is 4. The summed E-state index contributed by atoms with van der Waals surface area (Å²) in [5, 5.41) is 6.84. The van der Waals surface area contributed by atoms with E-state index >= 15 is 0 Å². The quantitative estimate of drug-likeness (QED) is 0.920. The monoisotopic (exact) mass is 344 g/mol. The maximum Gasteiger partial charge on any atom is 0.251 e. The van der Waals surface area contributed by atoms with Crippen molar-refractivity contribution in [3.63, 3.8) is 0 Å². The Morgan fingerprint density at radius 3 is 3.00 bits per heavy atom. The number of amides is 2. The first kappa shape index (κ1) is 17.1. The Morgan fingerprint density at radius 1 is 1.44 bits per heavy atom. The summed E-state index contributed by atoms with van der Waals surface area (Å²) in [6, 6.07) is 5.35. The molecule has 1 aliphatic rings. The van der Waals surface area contributed by atoms with Gasteiger partial charge in [0.05, 0.1) is 18.8 Å². The number of likely N-dealkylation sites (N-methyl/N-ethyl adjacent to an activating group) is 1. The van der Waals surface area contributed by atoms with Gasteiger partial charge in [0.25, 0.3) is 5.91 Å². The maximum atomic E-state index is 13.2. The predicted octanol–water partition coefficient (Wildman–Crippen LogP) is 1.82. The largest absolute Gasteiger partial charge is 0.343 e. The summed E-state index contributed by atoms with van der Waals surface area (Å²) >= 11 is 0. The Bertz CT molecular complexity index is 802. The number of halogens is 1. The van der Waals surface area contributed by atoms with E-state index in [2.05, 4.69) is 10.4 Å². The zero-order valence-electron chi connectivity index (χ0n) is 14.3. The third-order valence-electron chi connectivity index (χ3n) is 4.69. The van der Waals surface area contributed by atoms with Crippen LogP contribution in [-0.2, 0) is 18.3 Å². The number of hydrogen-bond acceptors (Lipinski definition) is 3. The molecule has 1 aromatic heterocycles. The van der Waals surface area contributed by atoms with Crippen LogP contribution in [0.25, 0.3) is 0 Å². The van der Waals surface area contributed by atoms with Gasteiger partial charge < -0.3 is 10.2 Å². The van der Waals surface area contributed by atoms with Crippen LogP contribution in [0.15, 0.2) is 30.5 Å². The molecule has 1 aromatic carbocycles. The van der Waals surface area contributed by atoms with E-state index in [1.165, 1.54) is 18.2 Å². The normalized spacial score (nSPS) is 16.2. The van der Waals surface area contributed by atoms with Crippen molar-refractivity contribution in [2.75, 3.05) is 13.6 Å². The lowest BCUT2D eigenvalue weighted by Crippen LogP contribution is -2.40. The molecule has 0 saturated heterocycles. The van der Waals surface area contributed by atoms with Crippen LogP contribution >= 0.6 is 0 Å². The molecule has 6 nitrogen and oxygen atoms in total. The minimum Gasteiger partial charge on any atom is -0.343 e. The fourth-order valence-electron chi connectivity index (χ4n) is 3.27. The molecule has 0 spiro atoms. The number of nitrogens with zero attached hydrogens (tertiary/aromatic N) is 3. The summed E-state index contributed by atoms with van der Waals surface area (Å²) in [4.78, 5) is 26.2. The second-order valence-electron chi connectivity index (χ2n) is 6.28. The third kappa shape index (κ3) is 3.55. The third-order valence-corrected chi connectivity index (χ3v) is 4.69. The molecule has 0 saturated carbocycles. The molecule has 0 aliphatic heterocycles. The van der Waals surface area contributed by atoms with Gasteiger partial charge in [-0.2, -0.15) is 5.10 Å². The van der Waals surface area contributed by atoms with E-state index in [0.29, 0.717) is 0 Å². The van der Waals surface area contributed by atoms with Crippen LogP contribution in [0.1, 0.15) is 40.5 Å². The molecule has 3 rings (SSSR count). The van der Waals surface area contributed by atoms with Crippen LogP contribution in [0, 0.1) is 5.82 Å². The van der Waals surface area contributed by atoms with Crippen molar-refractivity contribution >= 4 is 11.8 Å². The Kier molecular flexibility index (Phi) is 4.83. The number of carbonyl (C=O) groups is 2. The van der Waals surface area contributed by atoms with Crippen LogP contribution < -0.4 is 5.32 Å². The summed E-state index contributed by atoms with van der Waals surface area (Å²) in [5.74, 6) is -1.14. The van der Waals surface area contributed by atoms with Gasteiger partial charge in [-0.3, -0.25) is 14.3 Å². The summed E-state index contributed by atoms with van der Waals surface area (Å²) in [5.41, 5.74) is 2.42. The van der Waals surface area contributed by atoms with Gasteiger partial charge in [0.15, 0.2) is 0 Å². The summed E-state index contributed by atoms with van der Waals surface area (Å²) in [7, 11) is 3.64. The fourth-order valence-corrected chi connectivity index (χ4v) is 3.27. The molecule has 1 atom stereocenters. The second kappa shape index (κ2) is 7.04. The molecular weight excluding hydrogens is 323 g/mol. The molecular formula is C18H21FN4O2. The topological polar surface area (TPSA) is 67.2 Å². The van der Waals surface area contributed by atoms with Gasteiger partial charge in [-0.05, 0) is 37.5 Å². The first-order valence-electron chi connectivity index (χ1n) is 8.27. The zero-order valence-corrected chi connectivity index (χ0v) is 14.3. The van der Waals surface area contributed by atoms with Gasteiger partial charge in [0.1, 0.15) is 5.82 Å². The molecule has 7 heteroatoms. The van der Waals surface area contributed by atoms with E-state index < -0.39 is 11.7 Å². The van der Waals surface area contributed by atoms with E-state index in [-0.39, 0.29) is 24.1 Å². The lowest BCUT2D eigenvalue weighted by molar-refractivity contribution is -0.131. The van der Waals surface area contributed by atoms with Gasteiger partial charge in [-0.15, -0.1) is 0 Å². The van der Waals surface area contributed by atoms with Crippen molar-refractivity contribution in [3.8, 4) is 0 Å². The standard InChI is InChI=1S/C18H21FN4O2/c1-22(15-7-4-8-16-14(15)10-21-23(16)2)17(24)11-20-18(25)12-5-3-6-13(19)9-12/h3,5-6,9-10,15H,4,7-8,11H2,1-2H3,(H,20,25)/t15-/m0/s1. The molecule has 132 valence electrons. The van der Waals surface area contributed by atoms with E-state index in [9.17, 15) is 14.0 Å². The van der Waals surface area contributed by atoms with E-state index in [1.807, 2.05) is 17.9 Å². The van der Waals surface area contributed by atoms with Crippen molar-refractivity contribution in [2.24, 2.45) is 7.05 Å². The minimum atomic E-state index is -0.484. The van der Waals surface area contributed by atoms with Crippen LogP contribution in [0.2, 0.25) is 0 Å². The summed E-state index contributed by atoms with van der Waals surface area (Å²) < 4.78 is 15.0. The number of aromatic nitrogens is 2. The highest BCUT2D eigenvalue weighted by Gasteiger charge is 2.29. The summed E-state index contributed by atoms with van der Waals surface area (Å²) in [6.07, 6.45) is 4.64. The smallest absolute Gasteiger partial charge is 0.251 e. The van der Waals surface area contributed by atoms with Gasteiger partial charge in [0, 0.05) is 30.9 Å². The molecule has 0 radical (unpaired) electrons. The van der Waals surface area contributed by atoms with Crippen LogP contribution in [-0.4, -0.2) is 40.1 Å². The Labute approximate surface area is 145 Å². The molecule has 2 aromatic rings. The van der Waals surface area contributed by atoms with E-state index in [4.69, 9.17) is 0 Å². The van der Waals surface area contributed by atoms with Gasteiger partial charge in [0.2, 0.25) is 5.91 Å². The Hall–Kier alpha value is -2.70.